The Labute approximate surface area is 103 Å². The number of carboxylic acids is 1. The number of hydrogen-bond donors (Lipinski definition) is 1. The molecule has 0 saturated heterocycles. The van der Waals surface area contributed by atoms with Gasteiger partial charge in [-0.1, -0.05) is 18.2 Å². The lowest BCUT2D eigenvalue weighted by atomic mass is 9.99. The molecule has 3 nitrogen and oxygen atoms in total. The predicted molar refractivity (Wildman–Crippen MR) is 65.3 cm³/mol. The Morgan fingerprint density at radius 3 is 2.56 bits per heavy atom. The van der Waals surface area contributed by atoms with Gasteiger partial charge in [-0.25, -0.2) is 9.18 Å². The maximum atomic E-state index is 13.1. The van der Waals surface area contributed by atoms with Crippen LogP contribution in [-0.4, -0.2) is 18.2 Å². The van der Waals surface area contributed by atoms with E-state index in [1.54, 1.807) is 18.2 Å². The molecular weight excluding hydrogens is 235 g/mol. The quantitative estimate of drug-likeness (QED) is 0.904. The first-order chi connectivity index (χ1) is 8.63. The van der Waals surface area contributed by atoms with E-state index in [4.69, 9.17) is 9.84 Å². The molecule has 0 saturated carbocycles. The SMILES string of the molecule is COc1cc(F)ccc1-c1ccccc1C(=O)O. The smallest absolute Gasteiger partial charge is 0.336 e. The lowest BCUT2D eigenvalue weighted by Gasteiger charge is -2.10. The lowest BCUT2D eigenvalue weighted by molar-refractivity contribution is 0.0697. The van der Waals surface area contributed by atoms with Crippen molar-refractivity contribution in [3.8, 4) is 16.9 Å². The second kappa shape index (κ2) is 4.87. The van der Waals surface area contributed by atoms with Crippen LogP contribution < -0.4 is 4.74 Å². The van der Waals surface area contributed by atoms with Crippen molar-refractivity contribution in [3.05, 3.63) is 53.8 Å². The highest BCUT2D eigenvalue weighted by Gasteiger charge is 2.14. The van der Waals surface area contributed by atoms with Gasteiger partial charge in [0.2, 0.25) is 0 Å². The normalized spacial score (nSPS) is 10.1. The summed E-state index contributed by atoms with van der Waals surface area (Å²) in [5.74, 6) is -1.15. The van der Waals surface area contributed by atoms with E-state index in [0.29, 0.717) is 16.9 Å². The molecule has 0 bridgehead atoms. The van der Waals surface area contributed by atoms with E-state index < -0.39 is 11.8 Å². The van der Waals surface area contributed by atoms with Crippen LogP contribution in [0.5, 0.6) is 5.75 Å². The average Bonchev–Trinajstić information content (AvgIpc) is 2.38. The molecule has 0 aliphatic heterocycles. The third-order valence-electron chi connectivity index (χ3n) is 2.61. The molecule has 0 spiro atoms. The van der Waals surface area contributed by atoms with Crippen LogP contribution in [0.2, 0.25) is 0 Å². The van der Waals surface area contributed by atoms with Crippen molar-refractivity contribution in [1.29, 1.82) is 0 Å². The van der Waals surface area contributed by atoms with Gasteiger partial charge in [0.25, 0.3) is 0 Å². The molecule has 0 unspecified atom stereocenters. The van der Waals surface area contributed by atoms with Crippen molar-refractivity contribution in [2.24, 2.45) is 0 Å². The number of rotatable bonds is 3. The van der Waals surface area contributed by atoms with Crippen molar-refractivity contribution in [3.63, 3.8) is 0 Å². The summed E-state index contributed by atoms with van der Waals surface area (Å²) in [6, 6.07) is 10.5. The Morgan fingerprint density at radius 2 is 1.89 bits per heavy atom. The van der Waals surface area contributed by atoms with Gasteiger partial charge >= 0.3 is 5.97 Å². The number of methoxy groups -OCH3 is 1. The molecule has 0 aliphatic carbocycles. The molecule has 92 valence electrons. The molecule has 0 aromatic heterocycles. The molecule has 2 aromatic rings. The van der Waals surface area contributed by atoms with E-state index >= 15 is 0 Å². The summed E-state index contributed by atoms with van der Waals surface area (Å²) in [5.41, 5.74) is 1.21. The fourth-order valence-corrected chi connectivity index (χ4v) is 1.79. The number of carboxylic acid groups (broad SMARTS) is 1. The van der Waals surface area contributed by atoms with Gasteiger partial charge < -0.3 is 9.84 Å². The molecule has 2 rings (SSSR count). The van der Waals surface area contributed by atoms with Crippen LogP contribution >= 0.6 is 0 Å². The van der Waals surface area contributed by atoms with Crippen LogP contribution in [0.1, 0.15) is 10.4 Å². The molecule has 1 N–H and O–H groups in total. The second-order valence-electron chi connectivity index (χ2n) is 3.70. The Bertz CT molecular complexity index is 593. The van der Waals surface area contributed by atoms with Crippen molar-refractivity contribution in [1.82, 2.24) is 0 Å². The van der Waals surface area contributed by atoms with E-state index in [1.807, 2.05) is 0 Å². The van der Waals surface area contributed by atoms with Crippen LogP contribution in [0, 0.1) is 5.82 Å². The van der Waals surface area contributed by atoms with Crippen molar-refractivity contribution in [2.75, 3.05) is 7.11 Å². The van der Waals surface area contributed by atoms with Gasteiger partial charge in [-0.2, -0.15) is 0 Å². The Morgan fingerprint density at radius 1 is 1.17 bits per heavy atom. The highest BCUT2D eigenvalue weighted by molar-refractivity contribution is 5.96. The number of halogens is 1. The Kier molecular flexibility index (Phi) is 3.28. The standard InChI is InChI=1S/C14H11FO3/c1-18-13-8-9(15)6-7-11(13)10-4-2-3-5-12(10)14(16)17/h2-8H,1H3,(H,16,17). The number of carbonyl (C=O) groups is 1. The summed E-state index contributed by atoms with van der Waals surface area (Å²) < 4.78 is 18.2. The molecule has 18 heavy (non-hydrogen) atoms. The van der Waals surface area contributed by atoms with Gasteiger partial charge in [-0.05, 0) is 23.8 Å². The number of ether oxygens (including phenoxy) is 1. The third-order valence-corrected chi connectivity index (χ3v) is 2.61. The fourth-order valence-electron chi connectivity index (χ4n) is 1.79. The summed E-state index contributed by atoms with van der Waals surface area (Å²) in [5, 5.41) is 9.13. The Balaban J connectivity index is 2.65. The first kappa shape index (κ1) is 12.1. The number of hydrogen-bond acceptors (Lipinski definition) is 2. The Hall–Kier alpha value is -2.36. The summed E-state index contributed by atoms with van der Waals surface area (Å²) >= 11 is 0. The van der Waals surface area contributed by atoms with E-state index in [9.17, 15) is 9.18 Å². The molecule has 4 heteroatoms. The van der Waals surface area contributed by atoms with E-state index in [-0.39, 0.29) is 5.56 Å². The third kappa shape index (κ3) is 2.18. The van der Waals surface area contributed by atoms with Crippen LogP contribution in [0.3, 0.4) is 0 Å². The summed E-state index contributed by atoms with van der Waals surface area (Å²) in [4.78, 5) is 11.1. The molecular formula is C14H11FO3. The van der Waals surface area contributed by atoms with Gasteiger partial charge in [-0.15, -0.1) is 0 Å². The summed E-state index contributed by atoms with van der Waals surface area (Å²) in [6.45, 7) is 0. The van der Waals surface area contributed by atoms with Gasteiger partial charge in [0.15, 0.2) is 0 Å². The van der Waals surface area contributed by atoms with Crippen LogP contribution in [-0.2, 0) is 0 Å². The van der Waals surface area contributed by atoms with Crippen molar-refractivity contribution in [2.45, 2.75) is 0 Å². The van der Waals surface area contributed by atoms with E-state index in [1.165, 1.54) is 31.4 Å². The topological polar surface area (TPSA) is 46.5 Å². The summed E-state index contributed by atoms with van der Waals surface area (Å²) in [7, 11) is 1.42. The first-order valence-corrected chi connectivity index (χ1v) is 5.29. The fraction of sp³-hybridized carbons (Fsp3) is 0.0714. The average molecular weight is 246 g/mol. The van der Waals surface area contributed by atoms with E-state index in [0.717, 1.165) is 0 Å². The number of aromatic carboxylic acids is 1. The largest absolute Gasteiger partial charge is 0.496 e. The first-order valence-electron chi connectivity index (χ1n) is 5.29. The maximum Gasteiger partial charge on any atom is 0.336 e. The van der Waals surface area contributed by atoms with Crippen LogP contribution in [0.25, 0.3) is 11.1 Å². The summed E-state index contributed by atoms with van der Waals surface area (Å²) in [6.07, 6.45) is 0. The van der Waals surface area contributed by atoms with Crippen molar-refractivity contribution < 1.29 is 19.0 Å². The molecule has 0 atom stereocenters. The molecule has 0 radical (unpaired) electrons. The molecule has 0 heterocycles. The minimum atomic E-state index is -1.03. The van der Waals surface area contributed by atoms with Gasteiger partial charge in [0.1, 0.15) is 11.6 Å². The van der Waals surface area contributed by atoms with Crippen molar-refractivity contribution >= 4 is 5.97 Å². The zero-order valence-electron chi connectivity index (χ0n) is 9.68. The number of benzene rings is 2. The molecule has 0 fully saturated rings. The van der Waals surface area contributed by atoms with Gasteiger partial charge in [-0.3, -0.25) is 0 Å². The second-order valence-corrected chi connectivity index (χ2v) is 3.70. The van der Waals surface area contributed by atoms with Gasteiger partial charge in [0, 0.05) is 11.6 Å². The zero-order chi connectivity index (χ0) is 13.1. The monoisotopic (exact) mass is 246 g/mol. The maximum absolute atomic E-state index is 13.1. The van der Waals surface area contributed by atoms with Crippen LogP contribution in [0.15, 0.2) is 42.5 Å². The highest BCUT2D eigenvalue weighted by Crippen LogP contribution is 2.32. The zero-order valence-corrected chi connectivity index (χ0v) is 9.68. The molecule has 2 aromatic carbocycles. The van der Waals surface area contributed by atoms with E-state index in [2.05, 4.69) is 0 Å². The van der Waals surface area contributed by atoms with Gasteiger partial charge in [0.05, 0.1) is 12.7 Å². The minimum Gasteiger partial charge on any atom is -0.496 e. The highest BCUT2D eigenvalue weighted by atomic mass is 19.1. The predicted octanol–water partition coefficient (Wildman–Crippen LogP) is 3.20. The molecule has 0 aliphatic rings. The minimum absolute atomic E-state index is 0.155. The molecule has 0 amide bonds. The van der Waals surface area contributed by atoms with Crippen LogP contribution in [0.4, 0.5) is 4.39 Å². The lowest BCUT2D eigenvalue weighted by Crippen LogP contribution is -2.00.